The highest BCUT2D eigenvalue weighted by Crippen LogP contribution is 2.22. The van der Waals surface area contributed by atoms with Crippen LogP contribution in [0.5, 0.6) is 0 Å². The summed E-state index contributed by atoms with van der Waals surface area (Å²) in [5, 5.41) is 8.14. The molecule has 0 amide bonds. The van der Waals surface area contributed by atoms with Crippen molar-refractivity contribution in [1.29, 1.82) is 0 Å². The van der Waals surface area contributed by atoms with Gasteiger partial charge in [-0.1, -0.05) is 17.7 Å². The molecule has 5 heteroatoms. The molecule has 0 spiro atoms. The second-order valence-corrected chi connectivity index (χ2v) is 5.66. The Bertz CT molecular complexity index is 637. The lowest BCUT2D eigenvalue weighted by Gasteiger charge is -2.15. The average molecular weight is 310 g/mol. The molecule has 114 valence electrons. The summed E-state index contributed by atoms with van der Waals surface area (Å²) >= 11 is 5.80. The van der Waals surface area contributed by atoms with Gasteiger partial charge in [0.05, 0.1) is 10.7 Å². The van der Waals surface area contributed by atoms with Crippen LogP contribution in [0.3, 0.4) is 0 Å². The van der Waals surface area contributed by atoms with E-state index in [9.17, 15) is 4.39 Å². The van der Waals surface area contributed by atoms with Crippen molar-refractivity contribution in [2.24, 2.45) is 0 Å². The SMILES string of the molecule is CCn1nc(C)c(C(C)NCc2ccc(F)c(Cl)c2)c1C. The Labute approximate surface area is 130 Å². The Morgan fingerprint density at radius 3 is 2.67 bits per heavy atom. The summed E-state index contributed by atoms with van der Waals surface area (Å²) < 4.78 is 15.2. The fraction of sp³-hybridized carbons (Fsp3) is 0.438. The number of nitrogens with zero attached hydrogens (tertiary/aromatic N) is 2. The van der Waals surface area contributed by atoms with Gasteiger partial charge in [0, 0.05) is 30.4 Å². The first-order chi connectivity index (χ1) is 9.93. The first kappa shape index (κ1) is 16.0. The van der Waals surface area contributed by atoms with Gasteiger partial charge >= 0.3 is 0 Å². The minimum Gasteiger partial charge on any atom is -0.306 e. The molecule has 0 aliphatic carbocycles. The molecular formula is C16H21ClFN3. The summed E-state index contributed by atoms with van der Waals surface area (Å²) in [7, 11) is 0. The number of rotatable bonds is 5. The molecule has 0 saturated carbocycles. The van der Waals surface area contributed by atoms with Crippen LogP contribution in [0.1, 0.15) is 42.4 Å². The smallest absolute Gasteiger partial charge is 0.141 e. The third kappa shape index (κ3) is 3.44. The van der Waals surface area contributed by atoms with Crippen molar-refractivity contribution >= 4 is 11.6 Å². The summed E-state index contributed by atoms with van der Waals surface area (Å²) in [5.41, 5.74) is 4.43. The summed E-state index contributed by atoms with van der Waals surface area (Å²) in [4.78, 5) is 0. The van der Waals surface area contributed by atoms with Crippen molar-refractivity contribution in [3.63, 3.8) is 0 Å². The van der Waals surface area contributed by atoms with E-state index >= 15 is 0 Å². The summed E-state index contributed by atoms with van der Waals surface area (Å²) in [6.45, 7) is 9.82. The topological polar surface area (TPSA) is 29.9 Å². The Balaban J connectivity index is 2.09. The van der Waals surface area contributed by atoms with Gasteiger partial charge in [0.1, 0.15) is 5.82 Å². The van der Waals surface area contributed by atoms with Crippen LogP contribution in [0, 0.1) is 19.7 Å². The van der Waals surface area contributed by atoms with Crippen LogP contribution in [0.4, 0.5) is 4.39 Å². The Kier molecular flexibility index (Phi) is 5.01. The van der Waals surface area contributed by atoms with Gasteiger partial charge in [-0.15, -0.1) is 0 Å². The Hall–Kier alpha value is -1.39. The number of hydrogen-bond acceptors (Lipinski definition) is 2. The summed E-state index contributed by atoms with van der Waals surface area (Å²) in [5.74, 6) is -0.385. The van der Waals surface area contributed by atoms with Crippen LogP contribution in [0.15, 0.2) is 18.2 Å². The number of nitrogens with one attached hydrogen (secondary N) is 1. The Morgan fingerprint density at radius 2 is 2.10 bits per heavy atom. The maximum absolute atomic E-state index is 13.1. The summed E-state index contributed by atoms with van der Waals surface area (Å²) in [6.07, 6.45) is 0. The lowest BCUT2D eigenvalue weighted by molar-refractivity contribution is 0.565. The van der Waals surface area contributed by atoms with Crippen LogP contribution in [-0.4, -0.2) is 9.78 Å². The van der Waals surface area contributed by atoms with Crippen LogP contribution in [0.25, 0.3) is 0 Å². The number of aromatic nitrogens is 2. The van der Waals surface area contributed by atoms with E-state index in [1.165, 1.54) is 17.3 Å². The molecule has 0 fully saturated rings. The van der Waals surface area contributed by atoms with Gasteiger partial charge in [0.25, 0.3) is 0 Å². The second kappa shape index (κ2) is 6.58. The zero-order valence-electron chi connectivity index (χ0n) is 12.9. The van der Waals surface area contributed by atoms with Crippen LogP contribution in [0.2, 0.25) is 5.02 Å². The van der Waals surface area contributed by atoms with Crippen molar-refractivity contribution in [3.8, 4) is 0 Å². The zero-order chi connectivity index (χ0) is 15.6. The van der Waals surface area contributed by atoms with Gasteiger partial charge in [0.2, 0.25) is 0 Å². The minimum absolute atomic E-state index is 0.160. The van der Waals surface area contributed by atoms with E-state index in [0.717, 1.165) is 17.8 Å². The van der Waals surface area contributed by atoms with Gasteiger partial charge in [-0.05, 0) is 45.4 Å². The van der Waals surface area contributed by atoms with Crippen LogP contribution in [-0.2, 0) is 13.1 Å². The first-order valence-electron chi connectivity index (χ1n) is 7.15. The molecule has 1 aromatic heterocycles. The van der Waals surface area contributed by atoms with E-state index in [2.05, 4.69) is 31.2 Å². The largest absolute Gasteiger partial charge is 0.306 e. The molecular weight excluding hydrogens is 289 g/mol. The normalized spacial score (nSPS) is 12.7. The van der Waals surface area contributed by atoms with Crippen LogP contribution < -0.4 is 5.32 Å². The molecule has 0 bridgehead atoms. The molecule has 1 unspecified atom stereocenters. The van der Waals surface area contributed by atoms with Crippen molar-refractivity contribution in [2.45, 2.75) is 46.8 Å². The molecule has 0 saturated heterocycles. The number of aryl methyl sites for hydroxylation is 2. The zero-order valence-corrected chi connectivity index (χ0v) is 13.6. The second-order valence-electron chi connectivity index (χ2n) is 5.25. The fourth-order valence-corrected chi connectivity index (χ4v) is 2.87. The van der Waals surface area contributed by atoms with E-state index < -0.39 is 0 Å². The predicted molar refractivity (Wildman–Crippen MR) is 84.0 cm³/mol. The monoisotopic (exact) mass is 309 g/mol. The van der Waals surface area contributed by atoms with Crippen LogP contribution >= 0.6 is 11.6 Å². The fourth-order valence-electron chi connectivity index (χ4n) is 2.67. The number of halogens is 2. The Morgan fingerprint density at radius 1 is 1.38 bits per heavy atom. The standard InChI is InChI=1S/C16H21ClFN3/c1-5-21-12(4)16(11(3)20-21)10(2)19-9-13-6-7-15(18)14(17)8-13/h6-8,10,19H,5,9H2,1-4H3. The molecule has 0 aliphatic rings. The highest BCUT2D eigenvalue weighted by Gasteiger charge is 2.16. The molecule has 3 nitrogen and oxygen atoms in total. The van der Waals surface area contributed by atoms with E-state index in [4.69, 9.17) is 11.6 Å². The molecule has 1 aromatic carbocycles. The third-order valence-electron chi connectivity index (χ3n) is 3.77. The van der Waals surface area contributed by atoms with Gasteiger partial charge in [-0.2, -0.15) is 5.10 Å². The molecule has 1 heterocycles. The van der Waals surface area contributed by atoms with Gasteiger partial charge < -0.3 is 5.32 Å². The third-order valence-corrected chi connectivity index (χ3v) is 4.06. The summed E-state index contributed by atoms with van der Waals surface area (Å²) in [6, 6.07) is 4.98. The molecule has 2 rings (SSSR count). The van der Waals surface area contributed by atoms with Gasteiger partial charge in [-0.25, -0.2) is 4.39 Å². The average Bonchev–Trinajstić information content (AvgIpc) is 2.74. The minimum atomic E-state index is -0.385. The van der Waals surface area contributed by atoms with Crippen molar-refractivity contribution in [3.05, 3.63) is 51.6 Å². The van der Waals surface area contributed by atoms with Crippen molar-refractivity contribution in [2.75, 3.05) is 0 Å². The highest BCUT2D eigenvalue weighted by atomic mass is 35.5. The lowest BCUT2D eigenvalue weighted by atomic mass is 10.1. The van der Waals surface area contributed by atoms with Crippen molar-refractivity contribution < 1.29 is 4.39 Å². The molecule has 2 aromatic rings. The van der Waals surface area contributed by atoms with E-state index in [1.807, 2.05) is 11.6 Å². The highest BCUT2D eigenvalue weighted by molar-refractivity contribution is 6.30. The predicted octanol–water partition coefficient (Wildman–Crippen LogP) is 4.16. The van der Waals surface area contributed by atoms with Gasteiger partial charge in [0.15, 0.2) is 0 Å². The quantitative estimate of drug-likeness (QED) is 0.898. The molecule has 0 radical (unpaired) electrons. The lowest BCUT2D eigenvalue weighted by Crippen LogP contribution is -2.19. The first-order valence-corrected chi connectivity index (χ1v) is 7.53. The van der Waals surface area contributed by atoms with Crippen molar-refractivity contribution in [1.82, 2.24) is 15.1 Å². The maximum Gasteiger partial charge on any atom is 0.141 e. The molecule has 21 heavy (non-hydrogen) atoms. The van der Waals surface area contributed by atoms with E-state index in [0.29, 0.717) is 6.54 Å². The molecule has 1 N–H and O–H groups in total. The van der Waals surface area contributed by atoms with E-state index in [-0.39, 0.29) is 16.9 Å². The number of benzene rings is 1. The van der Waals surface area contributed by atoms with Gasteiger partial charge in [-0.3, -0.25) is 4.68 Å². The molecule has 0 aliphatic heterocycles. The molecule has 1 atom stereocenters. The maximum atomic E-state index is 13.1. The number of hydrogen-bond donors (Lipinski definition) is 1. The van der Waals surface area contributed by atoms with E-state index in [1.54, 1.807) is 12.1 Å².